The second-order valence-corrected chi connectivity index (χ2v) is 5.66. The summed E-state index contributed by atoms with van der Waals surface area (Å²) in [4.78, 5) is 2.41. The predicted molar refractivity (Wildman–Crippen MR) is 83.6 cm³/mol. The zero-order valence-corrected chi connectivity index (χ0v) is 13.6. The summed E-state index contributed by atoms with van der Waals surface area (Å²) in [5.41, 5.74) is 0. The molecule has 0 aliphatic carbocycles. The van der Waals surface area contributed by atoms with Crippen LogP contribution in [0.2, 0.25) is 0 Å². The van der Waals surface area contributed by atoms with E-state index in [1.54, 1.807) is 0 Å². The van der Waals surface area contributed by atoms with Gasteiger partial charge in [-0.1, -0.05) is 13.3 Å². The maximum Gasteiger partial charge on any atom is 0.0701 e. The van der Waals surface area contributed by atoms with Crippen LogP contribution in [0.25, 0.3) is 0 Å². The number of likely N-dealkylation sites (tertiary alicyclic amines) is 1. The molecule has 0 radical (unpaired) electrons. The van der Waals surface area contributed by atoms with Crippen LogP contribution in [-0.2, 0) is 14.2 Å². The van der Waals surface area contributed by atoms with Crippen LogP contribution in [0.5, 0.6) is 0 Å². The van der Waals surface area contributed by atoms with E-state index in [4.69, 9.17) is 19.3 Å². The molecule has 0 spiro atoms. The van der Waals surface area contributed by atoms with E-state index in [1.807, 2.05) is 0 Å². The molecule has 0 aromatic heterocycles. The van der Waals surface area contributed by atoms with Crippen molar-refractivity contribution in [1.29, 1.82) is 0 Å². The highest BCUT2D eigenvalue weighted by Gasteiger charge is 2.17. The number of rotatable bonds is 13. The Labute approximate surface area is 129 Å². The first-order chi connectivity index (χ1) is 10.4. The van der Waals surface area contributed by atoms with E-state index < -0.39 is 0 Å². The van der Waals surface area contributed by atoms with Crippen molar-refractivity contribution in [1.82, 2.24) is 4.90 Å². The van der Waals surface area contributed by atoms with Crippen molar-refractivity contribution in [3.8, 4) is 0 Å². The maximum atomic E-state index is 9.09. The highest BCUT2D eigenvalue weighted by atomic mass is 16.5. The summed E-state index contributed by atoms with van der Waals surface area (Å²) in [6, 6.07) is 0. The number of hydrogen-bond donors (Lipinski definition) is 1. The normalized spacial score (nSPS) is 17.4. The maximum absolute atomic E-state index is 9.09. The van der Waals surface area contributed by atoms with E-state index in [0.717, 1.165) is 52.1 Å². The van der Waals surface area contributed by atoms with Gasteiger partial charge in [-0.25, -0.2) is 0 Å². The molecule has 1 saturated heterocycles. The third-order valence-electron chi connectivity index (χ3n) is 3.90. The lowest BCUT2D eigenvalue weighted by atomic mass is 9.98. The second-order valence-electron chi connectivity index (χ2n) is 5.66. The number of aliphatic hydroxyl groups excluding tert-OH is 1. The van der Waals surface area contributed by atoms with Crippen molar-refractivity contribution in [2.75, 3.05) is 65.9 Å². The van der Waals surface area contributed by atoms with E-state index in [-0.39, 0.29) is 0 Å². The first-order valence-corrected chi connectivity index (χ1v) is 8.43. The molecule has 5 nitrogen and oxygen atoms in total. The Morgan fingerprint density at radius 3 is 2.05 bits per heavy atom. The third kappa shape index (κ3) is 10.2. The van der Waals surface area contributed by atoms with Gasteiger partial charge in [0.25, 0.3) is 0 Å². The molecule has 1 aliphatic rings. The van der Waals surface area contributed by atoms with Crippen molar-refractivity contribution in [3.05, 3.63) is 0 Å². The average molecular weight is 303 g/mol. The Morgan fingerprint density at radius 2 is 1.48 bits per heavy atom. The zero-order valence-electron chi connectivity index (χ0n) is 13.6. The van der Waals surface area contributed by atoms with Crippen molar-refractivity contribution in [2.45, 2.75) is 32.6 Å². The summed E-state index contributed by atoms with van der Waals surface area (Å²) >= 11 is 0. The van der Waals surface area contributed by atoms with Crippen LogP contribution in [0, 0.1) is 5.92 Å². The molecule has 1 rings (SSSR count). The minimum Gasteiger partial charge on any atom is -0.396 e. The summed E-state index contributed by atoms with van der Waals surface area (Å²) in [6.45, 7) is 9.88. The van der Waals surface area contributed by atoms with Gasteiger partial charge in [0.1, 0.15) is 0 Å². The molecule has 0 aromatic carbocycles. The van der Waals surface area contributed by atoms with E-state index in [1.165, 1.54) is 6.42 Å². The van der Waals surface area contributed by atoms with Crippen molar-refractivity contribution >= 4 is 0 Å². The molecule has 0 unspecified atom stereocenters. The van der Waals surface area contributed by atoms with Gasteiger partial charge >= 0.3 is 0 Å². The highest BCUT2D eigenvalue weighted by molar-refractivity contribution is 4.71. The molecule has 0 saturated carbocycles. The lowest BCUT2D eigenvalue weighted by molar-refractivity contribution is 0.00800. The quantitative estimate of drug-likeness (QED) is 0.523. The predicted octanol–water partition coefficient (Wildman–Crippen LogP) is 1.54. The van der Waals surface area contributed by atoms with Crippen molar-refractivity contribution in [3.63, 3.8) is 0 Å². The lowest BCUT2D eigenvalue weighted by Crippen LogP contribution is -2.37. The summed E-state index contributed by atoms with van der Waals surface area (Å²) < 4.78 is 16.4. The van der Waals surface area contributed by atoms with Crippen LogP contribution in [0.1, 0.15) is 32.6 Å². The number of piperidine rings is 1. The fourth-order valence-electron chi connectivity index (χ4n) is 2.37. The van der Waals surface area contributed by atoms with Crippen LogP contribution in [0.4, 0.5) is 0 Å². The summed E-state index contributed by atoms with van der Waals surface area (Å²) in [7, 11) is 0. The van der Waals surface area contributed by atoms with E-state index in [9.17, 15) is 0 Å². The first kappa shape index (κ1) is 18.8. The van der Waals surface area contributed by atoms with Gasteiger partial charge in [-0.05, 0) is 38.3 Å². The van der Waals surface area contributed by atoms with Gasteiger partial charge in [-0.2, -0.15) is 0 Å². The topological polar surface area (TPSA) is 51.2 Å². The Hall–Kier alpha value is -0.200. The van der Waals surface area contributed by atoms with Gasteiger partial charge in [0.05, 0.1) is 33.0 Å². The second kappa shape index (κ2) is 13.5. The van der Waals surface area contributed by atoms with Crippen LogP contribution in [0.3, 0.4) is 0 Å². The van der Waals surface area contributed by atoms with E-state index in [0.29, 0.717) is 39.0 Å². The monoisotopic (exact) mass is 303 g/mol. The average Bonchev–Trinajstić information content (AvgIpc) is 2.53. The number of ether oxygens (including phenoxy) is 3. The summed E-state index contributed by atoms with van der Waals surface area (Å²) in [5.74, 6) is 0.509. The molecular formula is C16H33NO4. The minimum atomic E-state index is 0.337. The molecule has 21 heavy (non-hydrogen) atoms. The van der Waals surface area contributed by atoms with Gasteiger partial charge in [-0.3, -0.25) is 0 Å². The Kier molecular flexibility index (Phi) is 12.1. The molecule has 1 N–H and O–H groups in total. The molecule has 0 amide bonds. The summed E-state index contributed by atoms with van der Waals surface area (Å²) in [6.07, 6.45) is 4.51. The van der Waals surface area contributed by atoms with Crippen LogP contribution in [0.15, 0.2) is 0 Å². The standard InChI is InChI=1S/C16H33NO4/c1-2-3-9-19-11-13-21-14-12-20-10-8-17-6-4-16(15-18)5-7-17/h16,18H,2-15H2,1H3. The van der Waals surface area contributed by atoms with E-state index >= 15 is 0 Å². The Balaban J connectivity index is 1.77. The molecule has 5 heteroatoms. The summed E-state index contributed by atoms with van der Waals surface area (Å²) in [5, 5.41) is 9.09. The van der Waals surface area contributed by atoms with Gasteiger partial charge < -0.3 is 24.2 Å². The molecule has 1 fully saturated rings. The number of unbranched alkanes of at least 4 members (excludes halogenated alkanes) is 1. The van der Waals surface area contributed by atoms with E-state index in [2.05, 4.69) is 11.8 Å². The van der Waals surface area contributed by atoms with Gasteiger partial charge in [-0.15, -0.1) is 0 Å². The molecule has 1 aliphatic heterocycles. The Bertz CT molecular complexity index is 220. The molecule has 0 atom stereocenters. The number of aliphatic hydroxyl groups is 1. The minimum absolute atomic E-state index is 0.337. The lowest BCUT2D eigenvalue weighted by Gasteiger charge is -2.30. The van der Waals surface area contributed by atoms with Crippen molar-refractivity contribution in [2.24, 2.45) is 5.92 Å². The van der Waals surface area contributed by atoms with Gasteiger partial charge in [0.15, 0.2) is 0 Å². The zero-order chi connectivity index (χ0) is 15.2. The number of nitrogens with zero attached hydrogens (tertiary/aromatic N) is 1. The fraction of sp³-hybridized carbons (Fsp3) is 1.00. The third-order valence-corrected chi connectivity index (χ3v) is 3.90. The molecule has 126 valence electrons. The molecule has 0 aromatic rings. The smallest absolute Gasteiger partial charge is 0.0701 e. The number of hydrogen-bond acceptors (Lipinski definition) is 5. The van der Waals surface area contributed by atoms with Crippen molar-refractivity contribution < 1.29 is 19.3 Å². The first-order valence-electron chi connectivity index (χ1n) is 8.43. The SMILES string of the molecule is CCCCOCCOCCOCCN1CCC(CO)CC1. The Morgan fingerprint density at radius 1 is 0.905 bits per heavy atom. The van der Waals surface area contributed by atoms with Gasteiger partial charge in [0.2, 0.25) is 0 Å². The molecule has 0 bridgehead atoms. The fourth-order valence-corrected chi connectivity index (χ4v) is 2.37. The van der Waals surface area contributed by atoms with Crippen LogP contribution >= 0.6 is 0 Å². The largest absolute Gasteiger partial charge is 0.396 e. The molecule has 1 heterocycles. The van der Waals surface area contributed by atoms with Gasteiger partial charge in [0, 0.05) is 19.8 Å². The molecular weight excluding hydrogens is 270 g/mol. The highest BCUT2D eigenvalue weighted by Crippen LogP contribution is 2.15. The van der Waals surface area contributed by atoms with Crippen LogP contribution < -0.4 is 0 Å². The van der Waals surface area contributed by atoms with Crippen LogP contribution in [-0.4, -0.2) is 75.9 Å².